The molecule has 0 aromatic carbocycles. The Morgan fingerprint density at radius 1 is 1.38 bits per heavy atom. The minimum Gasteiger partial charge on any atom is -0.316 e. The second kappa shape index (κ2) is 6.35. The quantitative estimate of drug-likeness (QED) is 0.722. The lowest BCUT2D eigenvalue weighted by Gasteiger charge is -2.07. The summed E-state index contributed by atoms with van der Waals surface area (Å²) in [6.45, 7) is 3.71. The van der Waals surface area contributed by atoms with Gasteiger partial charge in [0.05, 0.1) is 5.75 Å². The molecule has 0 amide bonds. The molecule has 1 fully saturated rings. The topological polar surface area (TPSA) is 63.2 Å². The number of rotatable bonds is 7. The fourth-order valence-corrected chi connectivity index (χ4v) is 3.36. The molecule has 0 bridgehead atoms. The van der Waals surface area contributed by atoms with E-state index < -0.39 is 9.84 Å². The van der Waals surface area contributed by atoms with Crippen molar-refractivity contribution in [3.05, 3.63) is 0 Å². The van der Waals surface area contributed by atoms with Crippen molar-refractivity contribution < 1.29 is 13.2 Å². The Balaban J connectivity index is 2.24. The van der Waals surface area contributed by atoms with E-state index >= 15 is 0 Å². The Morgan fingerprint density at radius 3 is 2.69 bits per heavy atom. The fourth-order valence-electron chi connectivity index (χ4n) is 2.00. The van der Waals surface area contributed by atoms with Gasteiger partial charge in [-0.15, -0.1) is 0 Å². The van der Waals surface area contributed by atoms with Crippen molar-refractivity contribution in [3.63, 3.8) is 0 Å². The van der Waals surface area contributed by atoms with Crippen LogP contribution in [0.5, 0.6) is 0 Å². The lowest BCUT2D eigenvalue weighted by molar-refractivity contribution is -0.119. The number of carbonyl (C=O) groups is 1. The fraction of sp³-hybridized carbons (Fsp3) is 0.909. The van der Waals surface area contributed by atoms with Crippen molar-refractivity contribution in [2.45, 2.75) is 32.6 Å². The van der Waals surface area contributed by atoms with Gasteiger partial charge in [0.25, 0.3) is 0 Å². The first-order valence-corrected chi connectivity index (χ1v) is 7.78. The van der Waals surface area contributed by atoms with Gasteiger partial charge >= 0.3 is 0 Å². The highest BCUT2D eigenvalue weighted by molar-refractivity contribution is 7.91. The van der Waals surface area contributed by atoms with Crippen LogP contribution in [-0.2, 0) is 14.6 Å². The molecule has 1 aliphatic rings. The summed E-state index contributed by atoms with van der Waals surface area (Å²) >= 11 is 0. The summed E-state index contributed by atoms with van der Waals surface area (Å²) < 4.78 is 22.8. The zero-order valence-electron chi connectivity index (χ0n) is 9.87. The lowest BCUT2D eigenvalue weighted by Crippen LogP contribution is -2.17. The molecule has 1 N–H and O–H groups in total. The molecule has 0 aromatic rings. The van der Waals surface area contributed by atoms with E-state index in [9.17, 15) is 13.2 Å². The first-order chi connectivity index (χ1) is 7.53. The standard InChI is InChI=1S/C11H21NO3S/c1-2-6-16(14,15)7-4-11(13)8-10-3-5-12-9-10/h10,12H,2-9H2,1H3. The van der Waals surface area contributed by atoms with Crippen LogP contribution in [0.2, 0.25) is 0 Å². The third-order valence-electron chi connectivity index (χ3n) is 2.89. The van der Waals surface area contributed by atoms with Crippen molar-refractivity contribution in [3.8, 4) is 0 Å². The molecule has 4 nitrogen and oxygen atoms in total. The summed E-state index contributed by atoms with van der Waals surface area (Å²) in [6.07, 6.45) is 2.39. The summed E-state index contributed by atoms with van der Waals surface area (Å²) in [5, 5.41) is 3.20. The third kappa shape index (κ3) is 5.07. The molecule has 0 saturated carbocycles. The van der Waals surface area contributed by atoms with Crippen LogP contribution in [0, 0.1) is 5.92 Å². The Bertz CT molecular complexity index is 318. The highest BCUT2D eigenvalue weighted by Gasteiger charge is 2.19. The van der Waals surface area contributed by atoms with Gasteiger partial charge in [-0.1, -0.05) is 6.92 Å². The van der Waals surface area contributed by atoms with Crippen molar-refractivity contribution >= 4 is 15.6 Å². The number of Topliss-reactive ketones (excluding diaryl/α,β-unsaturated/α-hetero) is 1. The van der Waals surface area contributed by atoms with Gasteiger partial charge in [0.15, 0.2) is 9.84 Å². The summed E-state index contributed by atoms with van der Waals surface area (Å²) in [7, 11) is -3.00. The molecule has 1 saturated heterocycles. The highest BCUT2D eigenvalue weighted by Crippen LogP contribution is 2.13. The van der Waals surface area contributed by atoms with Gasteiger partial charge in [0, 0.05) is 18.6 Å². The SMILES string of the molecule is CCCS(=O)(=O)CCC(=O)CC1CCNC1. The van der Waals surface area contributed by atoms with Crippen molar-refractivity contribution in [1.29, 1.82) is 0 Å². The number of sulfone groups is 1. The summed E-state index contributed by atoms with van der Waals surface area (Å²) in [5.74, 6) is 0.736. The molecule has 0 radical (unpaired) electrons. The van der Waals surface area contributed by atoms with Crippen molar-refractivity contribution in [1.82, 2.24) is 5.32 Å². The predicted molar refractivity (Wildman–Crippen MR) is 64.2 cm³/mol. The molecule has 1 unspecified atom stereocenters. The van der Waals surface area contributed by atoms with E-state index in [-0.39, 0.29) is 23.7 Å². The molecule has 1 atom stereocenters. The van der Waals surface area contributed by atoms with Gasteiger partial charge in [-0.2, -0.15) is 0 Å². The van der Waals surface area contributed by atoms with Gasteiger partial charge in [-0.25, -0.2) is 8.42 Å². The maximum absolute atomic E-state index is 11.6. The van der Waals surface area contributed by atoms with Crippen LogP contribution in [0.15, 0.2) is 0 Å². The second-order valence-corrected chi connectivity index (χ2v) is 6.81. The second-order valence-electron chi connectivity index (χ2n) is 4.50. The maximum Gasteiger partial charge on any atom is 0.150 e. The number of nitrogens with one attached hydrogen (secondary N) is 1. The summed E-state index contributed by atoms with van der Waals surface area (Å²) in [5.41, 5.74) is 0. The third-order valence-corrected chi connectivity index (χ3v) is 4.74. The number of carbonyl (C=O) groups excluding carboxylic acids is 1. The van der Waals surface area contributed by atoms with E-state index in [4.69, 9.17) is 0 Å². The number of ketones is 1. The molecular formula is C11H21NO3S. The Labute approximate surface area is 97.7 Å². The van der Waals surface area contributed by atoms with Crippen LogP contribution < -0.4 is 5.32 Å². The van der Waals surface area contributed by atoms with Gasteiger partial charge in [0.2, 0.25) is 0 Å². The maximum atomic E-state index is 11.6. The molecule has 1 aliphatic heterocycles. The zero-order valence-corrected chi connectivity index (χ0v) is 10.7. The van der Waals surface area contributed by atoms with E-state index in [0.717, 1.165) is 19.5 Å². The first kappa shape index (κ1) is 13.6. The highest BCUT2D eigenvalue weighted by atomic mass is 32.2. The molecular weight excluding hydrogens is 226 g/mol. The van der Waals surface area contributed by atoms with Crippen molar-refractivity contribution in [2.75, 3.05) is 24.6 Å². The minimum absolute atomic E-state index is 0.0276. The van der Waals surface area contributed by atoms with Gasteiger partial charge in [-0.05, 0) is 31.8 Å². The Kier molecular flexibility index (Phi) is 5.41. The molecule has 0 spiro atoms. The van der Waals surface area contributed by atoms with Gasteiger partial charge < -0.3 is 5.32 Å². The van der Waals surface area contributed by atoms with Crippen LogP contribution in [0.3, 0.4) is 0 Å². The zero-order chi connectivity index (χ0) is 12.0. The Hall–Kier alpha value is -0.420. The average Bonchev–Trinajstić information content (AvgIpc) is 2.68. The summed E-state index contributed by atoms with van der Waals surface area (Å²) in [6, 6.07) is 0. The van der Waals surface area contributed by atoms with Crippen LogP contribution in [-0.4, -0.2) is 38.8 Å². The number of hydrogen-bond acceptors (Lipinski definition) is 4. The van der Waals surface area contributed by atoms with Gasteiger partial charge in [0.1, 0.15) is 5.78 Å². The van der Waals surface area contributed by atoms with Gasteiger partial charge in [-0.3, -0.25) is 4.79 Å². The van der Waals surface area contributed by atoms with E-state index in [2.05, 4.69) is 5.32 Å². The van der Waals surface area contributed by atoms with Crippen LogP contribution in [0.4, 0.5) is 0 Å². The van der Waals surface area contributed by atoms with E-state index in [1.807, 2.05) is 6.92 Å². The summed E-state index contributed by atoms with van der Waals surface area (Å²) in [4.78, 5) is 11.6. The lowest BCUT2D eigenvalue weighted by atomic mass is 10.0. The Morgan fingerprint density at radius 2 is 2.12 bits per heavy atom. The van der Waals surface area contributed by atoms with E-state index in [0.29, 0.717) is 18.8 Å². The molecule has 94 valence electrons. The largest absolute Gasteiger partial charge is 0.316 e. The number of hydrogen-bond donors (Lipinski definition) is 1. The molecule has 5 heteroatoms. The first-order valence-electron chi connectivity index (χ1n) is 5.96. The molecule has 16 heavy (non-hydrogen) atoms. The monoisotopic (exact) mass is 247 g/mol. The van der Waals surface area contributed by atoms with E-state index in [1.54, 1.807) is 0 Å². The predicted octanol–water partition coefficient (Wildman–Crippen LogP) is 0.770. The average molecular weight is 247 g/mol. The smallest absolute Gasteiger partial charge is 0.150 e. The molecule has 1 heterocycles. The van der Waals surface area contributed by atoms with Crippen LogP contribution in [0.1, 0.15) is 32.6 Å². The van der Waals surface area contributed by atoms with Crippen LogP contribution >= 0.6 is 0 Å². The molecule has 0 aliphatic carbocycles. The van der Waals surface area contributed by atoms with Crippen molar-refractivity contribution in [2.24, 2.45) is 5.92 Å². The molecule has 1 rings (SSSR count). The van der Waals surface area contributed by atoms with E-state index in [1.165, 1.54) is 0 Å². The normalized spacial score (nSPS) is 21.2. The van der Waals surface area contributed by atoms with Crippen LogP contribution in [0.25, 0.3) is 0 Å². The minimum atomic E-state index is -3.00. The molecule has 0 aromatic heterocycles.